The molecule has 5 nitrogen and oxygen atoms in total. The molecule has 5 heteroatoms. The predicted molar refractivity (Wildman–Crippen MR) is 71.5 cm³/mol. The highest BCUT2D eigenvalue weighted by molar-refractivity contribution is 5.90. The van der Waals surface area contributed by atoms with Gasteiger partial charge in [-0.25, -0.2) is 0 Å². The second-order valence-electron chi connectivity index (χ2n) is 4.19. The Morgan fingerprint density at radius 2 is 2.17 bits per heavy atom. The van der Waals surface area contributed by atoms with E-state index in [1.807, 2.05) is 31.3 Å². The normalized spacial score (nSPS) is 11.0. The number of nitrogens with two attached hydrogens (primary N) is 1. The van der Waals surface area contributed by atoms with Gasteiger partial charge in [0, 0.05) is 18.5 Å². The number of fused-ring (bicyclic) bond motifs is 1. The van der Waals surface area contributed by atoms with E-state index in [2.05, 4.69) is 16.1 Å². The molecule has 0 aliphatic heterocycles. The number of ether oxygens (including phenoxy) is 1. The van der Waals surface area contributed by atoms with Crippen LogP contribution in [0.25, 0.3) is 22.3 Å². The van der Waals surface area contributed by atoms with Crippen molar-refractivity contribution in [3.8, 4) is 17.1 Å². The average molecular weight is 242 g/mol. The Bertz CT molecular complexity index is 711. The van der Waals surface area contributed by atoms with E-state index in [1.54, 1.807) is 11.8 Å². The monoisotopic (exact) mass is 242 g/mol. The summed E-state index contributed by atoms with van der Waals surface area (Å²) in [6, 6.07) is 9.85. The second-order valence-corrected chi connectivity index (χ2v) is 4.19. The first-order valence-corrected chi connectivity index (χ1v) is 5.64. The summed E-state index contributed by atoms with van der Waals surface area (Å²) in [7, 11) is 3.53. The minimum atomic E-state index is 0.512. The van der Waals surface area contributed by atoms with Crippen LogP contribution in [0.15, 0.2) is 30.3 Å². The van der Waals surface area contributed by atoms with Crippen molar-refractivity contribution >= 4 is 16.7 Å². The number of anilines is 1. The Morgan fingerprint density at radius 1 is 1.33 bits per heavy atom. The predicted octanol–water partition coefficient (Wildman–Crippen LogP) is 2.16. The van der Waals surface area contributed by atoms with Gasteiger partial charge in [-0.3, -0.25) is 4.68 Å². The Morgan fingerprint density at radius 3 is 2.83 bits per heavy atom. The zero-order valence-electron chi connectivity index (χ0n) is 10.3. The zero-order chi connectivity index (χ0) is 12.7. The van der Waals surface area contributed by atoms with Gasteiger partial charge in [0.05, 0.1) is 24.0 Å². The molecule has 0 spiro atoms. The maximum atomic E-state index is 5.70. The highest BCUT2D eigenvalue weighted by Crippen LogP contribution is 2.30. The summed E-state index contributed by atoms with van der Waals surface area (Å²) in [5.74, 6) is 1.34. The largest absolute Gasteiger partial charge is 0.495 e. The molecule has 1 aromatic carbocycles. The van der Waals surface area contributed by atoms with Crippen molar-refractivity contribution in [2.75, 3.05) is 12.8 Å². The van der Waals surface area contributed by atoms with E-state index >= 15 is 0 Å². The molecule has 0 bridgehead atoms. The number of H-pyrrole nitrogens is 1. The van der Waals surface area contributed by atoms with Gasteiger partial charge >= 0.3 is 0 Å². The lowest BCUT2D eigenvalue weighted by atomic mass is 10.2. The molecule has 0 radical (unpaired) electrons. The molecule has 0 unspecified atom stereocenters. The number of aromatic nitrogens is 3. The van der Waals surface area contributed by atoms with Gasteiger partial charge in [0.2, 0.25) is 0 Å². The third kappa shape index (κ3) is 1.52. The molecule has 2 heterocycles. The molecule has 0 aliphatic carbocycles. The standard InChI is InChI=1S/C13H14N4O/c1-17-10(7-12(14)16-17)9-6-8-4-3-5-11(18-2)13(8)15-9/h3-7,15H,1-2H3,(H2,14,16). The summed E-state index contributed by atoms with van der Waals surface area (Å²) in [6.07, 6.45) is 0. The number of methoxy groups -OCH3 is 1. The first-order chi connectivity index (χ1) is 8.69. The highest BCUT2D eigenvalue weighted by atomic mass is 16.5. The molecule has 92 valence electrons. The molecular weight excluding hydrogens is 228 g/mol. The summed E-state index contributed by atoms with van der Waals surface area (Å²) in [5, 5.41) is 5.24. The number of hydrogen-bond donors (Lipinski definition) is 2. The van der Waals surface area contributed by atoms with Crippen LogP contribution in [0.2, 0.25) is 0 Å². The van der Waals surface area contributed by atoms with Gasteiger partial charge in [0.15, 0.2) is 0 Å². The molecule has 2 aromatic heterocycles. The third-order valence-electron chi connectivity index (χ3n) is 3.01. The van der Waals surface area contributed by atoms with E-state index in [-0.39, 0.29) is 0 Å². The van der Waals surface area contributed by atoms with Crippen LogP contribution in [-0.4, -0.2) is 21.9 Å². The number of benzene rings is 1. The highest BCUT2D eigenvalue weighted by Gasteiger charge is 2.10. The minimum Gasteiger partial charge on any atom is -0.495 e. The van der Waals surface area contributed by atoms with E-state index in [0.29, 0.717) is 5.82 Å². The SMILES string of the molecule is COc1cccc2cc(-c3cc(N)nn3C)[nH]c12. The van der Waals surface area contributed by atoms with Crippen LogP contribution in [0.4, 0.5) is 5.82 Å². The first kappa shape index (κ1) is 10.7. The van der Waals surface area contributed by atoms with Crippen LogP contribution in [0.5, 0.6) is 5.75 Å². The van der Waals surface area contributed by atoms with Crippen LogP contribution < -0.4 is 10.5 Å². The lowest BCUT2D eigenvalue weighted by molar-refractivity contribution is 0.419. The van der Waals surface area contributed by atoms with Crippen molar-refractivity contribution in [2.45, 2.75) is 0 Å². The molecular formula is C13H14N4O. The smallest absolute Gasteiger partial charge is 0.146 e. The summed E-state index contributed by atoms with van der Waals surface area (Å²) in [4.78, 5) is 3.34. The third-order valence-corrected chi connectivity index (χ3v) is 3.01. The van der Waals surface area contributed by atoms with Crippen LogP contribution in [0, 0.1) is 0 Å². The number of hydrogen-bond acceptors (Lipinski definition) is 3. The van der Waals surface area contributed by atoms with Crippen molar-refractivity contribution in [1.29, 1.82) is 0 Å². The fraction of sp³-hybridized carbons (Fsp3) is 0.154. The van der Waals surface area contributed by atoms with Crippen molar-refractivity contribution < 1.29 is 4.74 Å². The molecule has 0 amide bonds. The van der Waals surface area contributed by atoms with E-state index in [0.717, 1.165) is 28.0 Å². The van der Waals surface area contributed by atoms with E-state index < -0.39 is 0 Å². The van der Waals surface area contributed by atoms with Crippen LogP contribution in [0.1, 0.15) is 0 Å². The number of aromatic amines is 1. The first-order valence-electron chi connectivity index (χ1n) is 5.64. The molecule has 3 aromatic rings. The van der Waals surface area contributed by atoms with E-state index in [4.69, 9.17) is 10.5 Å². The van der Waals surface area contributed by atoms with Crippen molar-refractivity contribution in [1.82, 2.24) is 14.8 Å². The quantitative estimate of drug-likeness (QED) is 0.723. The van der Waals surface area contributed by atoms with Gasteiger partial charge in [-0.1, -0.05) is 12.1 Å². The van der Waals surface area contributed by atoms with Crippen LogP contribution in [0.3, 0.4) is 0 Å². The maximum absolute atomic E-state index is 5.70. The number of nitrogens with zero attached hydrogens (tertiary/aromatic N) is 2. The fourth-order valence-electron chi connectivity index (χ4n) is 2.18. The summed E-state index contributed by atoms with van der Waals surface area (Å²) in [6.45, 7) is 0. The molecule has 0 atom stereocenters. The Hall–Kier alpha value is -2.43. The van der Waals surface area contributed by atoms with Gasteiger partial charge in [0.1, 0.15) is 11.6 Å². The molecule has 0 saturated heterocycles. The van der Waals surface area contributed by atoms with Crippen molar-refractivity contribution in [3.63, 3.8) is 0 Å². The molecule has 3 N–H and O–H groups in total. The molecule has 0 aliphatic rings. The van der Waals surface area contributed by atoms with Gasteiger partial charge in [-0.05, 0) is 12.1 Å². The fourth-order valence-corrected chi connectivity index (χ4v) is 2.18. The average Bonchev–Trinajstić information content (AvgIpc) is 2.91. The van der Waals surface area contributed by atoms with E-state index in [9.17, 15) is 0 Å². The number of rotatable bonds is 2. The Labute approximate surface area is 104 Å². The summed E-state index contributed by atoms with van der Waals surface area (Å²) < 4.78 is 7.09. The minimum absolute atomic E-state index is 0.512. The van der Waals surface area contributed by atoms with Crippen LogP contribution in [-0.2, 0) is 7.05 Å². The van der Waals surface area contributed by atoms with Crippen LogP contribution >= 0.6 is 0 Å². The second kappa shape index (κ2) is 3.80. The number of aryl methyl sites for hydroxylation is 1. The summed E-state index contributed by atoms with van der Waals surface area (Å²) >= 11 is 0. The number of para-hydroxylation sites is 1. The lowest BCUT2D eigenvalue weighted by Gasteiger charge is -2.00. The molecule has 0 saturated carbocycles. The van der Waals surface area contributed by atoms with E-state index in [1.165, 1.54) is 0 Å². The Kier molecular flexibility index (Phi) is 2.26. The number of nitrogen functional groups attached to an aromatic ring is 1. The number of nitrogens with one attached hydrogen (secondary N) is 1. The lowest BCUT2D eigenvalue weighted by Crippen LogP contribution is -1.94. The van der Waals surface area contributed by atoms with Crippen molar-refractivity contribution in [2.24, 2.45) is 7.05 Å². The zero-order valence-corrected chi connectivity index (χ0v) is 10.3. The van der Waals surface area contributed by atoms with Gasteiger partial charge in [-0.2, -0.15) is 5.10 Å². The van der Waals surface area contributed by atoms with Gasteiger partial charge in [-0.15, -0.1) is 0 Å². The maximum Gasteiger partial charge on any atom is 0.146 e. The van der Waals surface area contributed by atoms with Gasteiger partial charge < -0.3 is 15.5 Å². The van der Waals surface area contributed by atoms with Crippen molar-refractivity contribution in [3.05, 3.63) is 30.3 Å². The molecule has 3 rings (SSSR count). The summed E-state index contributed by atoms with van der Waals surface area (Å²) in [5.41, 5.74) is 8.60. The Balaban J connectivity index is 2.22. The molecule has 18 heavy (non-hydrogen) atoms. The molecule has 0 fully saturated rings. The topological polar surface area (TPSA) is 68.9 Å². The van der Waals surface area contributed by atoms with Gasteiger partial charge in [0.25, 0.3) is 0 Å².